The van der Waals surface area contributed by atoms with Gasteiger partial charge in [0.05, 0.1) is 17.3 Å². The molecule has 158 valence electrons. The van der Waals surface area contributed by atoms with Gasteiger partial charge in [-0.25, -0.2) is 23.7 Å². The normalized spacial score (nSPS) is 15.6. The highest BCUT2D eigenvalue weighted by molar-refractivity contribution is 5.79. The standard InChI is InChI=1S/C20H18F5N5/c1-11(13-3-4-16-26-8-15(17(21)22)30(16)9-13)14-7-27-18(29-12(14)2)28-10-19(5-6-19)20(23,24)25/h3-4,7-9,17H,1,5-6,10H2,2H3,(H,27,28,29). The van der Waals surface area contributed by atoms with Gasteiger partial charge >= 0.3 is 6.18 Å². The summed E-state index contributed by atoms with van der Waals surface area (Å²) in [5.41, 5.74) is 0.603. The number of fused-ring (bicyclic) bond motifs is 1. The number of aromatic nitrogens is 4. The van der Waals surface area contributed by atoms with Crippen molar-refractivity contribution >= 4 is 17.2 Å². The second kappa shape index (κ2) is 7.03. The first-order valence-corrected chi connectivity index (χ1v) is 9.20. The fourth-order valence-corrected chi connectivity index (χ4v) is 3.30. The number of hydrogen-bond acceptors (Lipinski definition) is 4. The maximum Gasteiger partial charge on any atom is 0.396 e. The molecule has 0 unspecified atom stereocenters. The molecule has 3 heterocycles. The van der Waals surface area contributed by atoms with Gasteiger partial charge in [0.15, 0.2) is 0 Å². The van der Waals surface area contributed by atoms with Crippen LogP contribution < -0.4 is 5.32 Å². The molecule has 1 aliphatic carbocycles. The molecule has 0 aliphatic heterocycles. The average Bonchev–Trinajstić information content (AvgIpc) is 3.37. The molecule has 1 saturated carbocycles. The predicted octanol–water partition coefficient (Wildman–Crippen LogP) is 5.19. The SMILES string of the molecule is C=C(c1ccc2ncc(C(F)F)n2c1)c1cnc(NCC2(C(F)(F)F)CC2)nc1C. The summed E-state index contributed by atoms with van der Waals surface area (Å²) in [5, 5.41) is 2.67. The summed E-state index contributed by atoms with van der Waals surface area (Å²) >= 11 is 0. The summed E-state index contributed by atoms with van der Waals surface area (Å²) in [6, 6.07) is 3.30. The maximum atomic E-state index is 13.1. The van der Waals surface area contributed by atoms with E-state index in [-0.39, 0.29) is 31.0 Å². The zero-order valence-electron chi connectivity index (χ0n) is 16.0. The van der Waals surface area contributed by atoms with Crippen LogP contribution in [0.5, 0.6) is 0 Å². The fraction of sp³-hybridized carbons (Fsp3) is 0.350. The molecule has 10 heteroatoms. The van der Waals surface area contributed by atoms with Crippen LogP contribution in [0, 0.1) is 12.3 Å². The lowest BCUT2D eigenvalue weighted by atomic mass is 10.0. The lowest BCUT2D eigenvalue weighted by Gasteiger charge is -2.19. The topological polar surface area (TPSA) is 55.1 Å². The summed E-state index contributed by atoms with van der Waals surface area (Å²) < 4.78 is 66.8. The Morgan fingerprint density at radius 3 is 2.57 bits per heavy atom. The van der Waals surface area contributed by atoms with Crippen LogP contribution in [0.3, 0.4) is 0 Å². The Labute approximate surface area is 168 Å². The molecule has 1 N–H and O–H groups in total. The van der Waals surface area contributed by atoms with Crippen molar-refractivity contribution in [2.24, 2.45) is 5.41 Å². The van der Waals surface area contributed by atoms with E-state index in [9.17, 15) is 22.0 Å². The van der Waals surface area contributed by atoms with E-state index in [4.69, 9.17) is 0 Å². The summed E-state index contributed by atoms with van der Waals surface area (Å²) in [5.74, 6) is 0.102. The second-order valence-electron chi connectivity index (χ2n) is 7.43. The molecule has 0 saturated heterocycles. The Bertz CT molecular complexity index is 1110. The number of anilines is 1. The van der Waals surface area contributed by atoms with Crippen LogP contribution in [0.4, 0.5) is 27.9 Å². The highest BCUT2D eigenvalue weighted by atomic mass is 19.4. The van der Waals surface area contributed by atoms with E-state index in [1.165, 1.54) is 16.8 Å². The highest BCUT2D eigenvalue weighted by Gasteiger charge is 2.62. The molecule has 1 aliphatic rings. The van der Waals surface area contributed by atoms with Crippen molar-refractivity contribution < 1.29 is 22.0 Å². The van der Waals surface area contributed by atoms with Gasteiger partial charge in [-0.3, -0.25) is 4.40 Å². The highest BCUT2D eigenvalue weighted by Crippen LogP contribution is 2.57. The van der Waals surface area contributed by atoms with Crippen LogP contribution in [0.25, 0.3) is 11.2 Å². The van der Waals surface area contributed by atoms with Crippen molar-refractivity contribution in [2.75, 3.05) is 11.9 Å². The van der Waals surface area contributed by atoms with Gasteiger partial charge in [-0.15, -0.1) is 0 Å². The summed E-state index contributed by atoms with van der Waals surface area (Å²) in [6.07, 6.45) is -2.65. The molecule has 0 radical (unpaired) electrons. The first-order chi connectivity index (χ1) is 14.1. The van der Waals surface area contributed by atoms with E-state index in [2.05, 4.69) is 26.8 Å². The van der Waals surface area contributed by atoms with Crippen LogP contribution in [0.2, 0.25) is 0 Å². The van der Waals surface area contributed by atoms with Crippen molar-refractivity contribution in [3.8, 4) is 0 Å². The van der Waals surface area contributed by atoms with E-state index >= 15 is 0 Å². The Hall–Kier alpha value is -3.04. The number of aryl methyl sites for hydroxylation is 1. The van der Waals surface area contributed by atoms with Gasteiger partial charge in [-0.2, -0.15) is 13.2 Å². The van der Waals surface area contributed by atoms with E-state index in [1.807, 2.05) is 0 Å². The number of imidazole rings is 1. The van der Waals surface area contributed by atoms with Crippen LogP contribution >= 0.6 is 0 Å². The van der Waals surface area contributed by atoms with Crippen molar-refractivity contribution in [3.05, 3.63) is 59.8 Å². The molecular formula is C20H18F5N5. The molecule has 0 bridgehead atoms. The Morgan fingerprint density at radius 2 is 1.97 bits per heavy atom. The maximum absolute atomic E-state index is 13.1. The average molecular weight is 423 g/mol. The smallest absolute Gasteiger partial charge is 0.353 e. The Morgan fingerprint density at radius 1 is 1.23 bits per heavy atom. The lowest BCUT2D eigenvalue weighted by Crippen LogP contribution is -2.31. The summed E-state index contributed by atoms with van der Waals surface area (Å²) in [7, 11) is 0. The third-order valence-corrected chi connectivity index (χ3v) is 5.45. The largest absolute Gasteiger partial charge is 0.396 e. The number of alkyl halides is 5. The van der Waals surface area contributed by atoms with Crippen molar-refractivity contribution in [1.29, 1.82) is 0 Å². The number of hydrogen-bond donors (Lipinski definition) is 1. The Kier molecular flexibility index (Phi) is 4.74. The number of pyridine rings is 1. The third kappa shape index (κ3) is 3.50. The molecule has 0 spiro atoms. The first-order valence-electron chi connectivity index (χ1n) is 9.20. The van der Waals surface area contributed by atoms with Crippen LogP contribution in [0.15, 0.2) is 37.3 Å². The fourth-order valence-electron chi connectivity index (χ4n) is 3.30. The van der Waals surface area contributed by atoms with Gasteiger partial charge in [0.25, 0.3) is 6.43 Å². The predicted molar refractivity (Wildman–Crippen MR) is 101 cm³/mol. The minimum absolute atomic E-state index is 0.0920. The minimum Gasteiger partial charge on any atom is -0.353 e. The summed E-state index contributed by atoms with van der Waals surface area (Å²) in [4.78, 5) is 12.3. The molecule has 1 fully saturated rings. The summed E-state index contributed by atoms with van der Waals surface area (Å²) in [6.45, 7) is 5.42. The van der Waals surface area contributed by atoms with Gasteiger partial charge in [0.2, 0.25) is 5.95 Å². The van der Waals surface area contributed by atoms with E-state index in [1.54, 1.807) is 19.1 Å². The van der Waals surface area contributed by atoms with E-state index in [0.29, 0.717) is 28.0 Å². The number of nitrogens with one attached hydrogen (secondary N) is 1. The minimum atomic E-state index is -4.26. The Balaban J connectivity index is 1.55. The quantitative estimate of drug-likeness (QED) is 0.555. The molecule has 0 amide bonds. The van der Waals surface area contributed by atoms with Gasteiger partial charge in [0.1, 0.15) is 11.3 Å². The number of rotatable bonds is 6. The number of nitrogens with zero attached hydrogens (tertiary/aromatic N) is 4. The molecular weight excluding hydrogens is 405 g/mol. The molecule has 30 heavy (non-hydrogen) atoms. The molecule has 3 aromatic heterocycles. The first kappa shape index (κ1) is 20.2. The second-order valence-corrected chi connectivity index (χ2v) is 7.43. The molecule has 0 atom stereocenters. The molecule has 3 aromatic rings. The molecule has 4 rings (SSSR count). The van der Waals surface area contributed by atoms with Crippen LogP contribution in [0.1, 0.15) is 41.8 Å². The molecule has 0 aromatic carbocycles. The monoisotopic (exact) mass is 423 g/mol. The van der Waals surface area contributed by atoms with Gasteiger partial charge in [0, 0.05) is 24.5 Å². The molecule has 5 nitrogen and oxygen atoms in total. The van der Waals surface area contributed by atoms with Crippen molar-refractivity contribution in [2.45, 2.75) is 32.4 Å². The van der Waals surface area contributed by atoms with Gasteiger partial charge in [-0.05, 0) is 43.0 Å². The number of halogens is 5. The van der Waals surface area contributed by atoms with Gasteiger partial charge in [-0.1, -0.05) is 6.58 Å². The van der Waals surface area contributed by atoms with E-state index < -0.39 is 18.0 Å². The lowest BCUT2D eigenvalue weighted by molar-refractivity contribution is -0.182. The van der Waals surface area contributed by atoms with Gasteiger partial charge < -0.3 is 5.32 Å². The van der Waals surface area contributed by atoms with Crippen LogP contribution in [-0.4, -0.2) is 32.1 Å². The third-order valence-electron chi connectivity index (χ3n) is 5.45. The zero-order valence-corrected chi connectivity index (χ0v) is 16.0. The van der Waals surface area contributed by atoms with E-state index in [0.717, 1.165) is 6.20 Å². The van der Waals surface area contributed by atoms with Crippen molar-refractivity contribution in [1.82, 2.24) is 19.4 Å². The van der Waals surface area contributed by atoms with Crippen molar-refractivity contribution in [3.63, 3.8) is 0 Å². The zero-order chi connectivity index (χ0) is 21.7. The van der Waals surface area contributed by atoms with Crippen LogP contribution in [-0.2, 0) is 0 Å².